The Morgan fingerprint density at radius 2 is 2.00 bits per heavy atom. The van der Waals surface area contributed by atoms with Crippen molar-refractivity contribution >= 4 is 11.8 Å². The molecule has 0 aromatic heterocycles. The van der Waals surface area contributed by atoms with Gasteiger partial charge in [-0.05, 0) is 12.2 Å². The molecule has 0 radical (unpaired) electrons. The number of hydrogen-bond acceptors (Lipinski definition) is 2. The molecule has 1 saturated heterocycles. The molecule has 0 bridgehead atoms. The molecule has 2 rings (SSSR count). The van der Waals surface area contributed by atoms with Crippen LogP contribution < -0.4 is 5.32 Å². The smallest absolute Gasteiger partial charge is 0.251 e. The molecular formula is C8H13F2NS. The zero-order valence-corrected chi connectivity index (χ0v) is 7.67. The summed E-state index contributed by atoms with van der Waals surface area (Å²) in [6.07, 6.45) is 1.25. The van der Waals surface area contributed by atoms with Gasteiger partial charge >= 0.3 is 0 Å². The summed E-state index contributed by atoms with van der Waals surface area (Å²) >= 11 is 1.91. The van der Waals surface area contributed by atoms with Gasteiger partial charge in [-0.15, -0.1) is 0 Å². The minimum absolute atomic E-state index is 0.0498. The molecule has 1 unspecified atom stereocenters. The molecule has 4 heteroatoms. The summed E-state index contributed by atoms with van der Waals surface area (Å²) in [5, 5.41) is 3.27. The number of alkyl halides is 2. The van der Waals surface area contributed by atoms with Crippen LogP contribution in [0.25, 0.3) is 0 Å². The van der Waals surface area contributed by atoms with Crippen LogP contribution in [0.3, 0.4) is 0 Å². The van der Waals surface area contributed by atoms with Crippen molar-refractivity contribution in [2.75, 3.05) is 11.5 Å². The molecule has 0 aromatic carbocycles. The van der Waals surface area contributed by atoms with E-state index in [4.69, 9.17) is 0 Å². The van der Waals surface area contributed by atoms with Crippen molar-refractivity contribution in [3.8, 4) is 0 Å². The van der Waals surface area contributed by atoms with Crippen LogP contribution in [0.15, 0.2) is 0 Å². The molecular weight excluding hydrogens is 180 g/mol. The zero-order valence-electron chi connectivity index (χ0n) is 6.85. The Kier molecular flexibility index (Phi) is 2.29. The minimum atomic E-state index is -2.37. The van der Waals surface area contributed by atoms with Crippen molar-refractivity contribution < 1.29 is 8.78 Å². The van der Waals surface area contributed by atoms with E-state index in [1.807, 2.05) is 11.8 Å². The van der Waals surface area contributed by atoms with Crippen LogP contribution in [0.2, 0.25) is 0 Å². The number of hydrogen-bond donors (Lipinski definition) is 1. The summed E-state index contributed by atoms with van der Waals surface area (Å²) in [6, 6.07) is 0.583. The molecule has 1 N–H and O–H groups in total. The Balaban J connectivity index is 1.69. The fraction of sp³-hybridized carbons (Fsp3) is 1.00. The maximum absolute atomic E-state index is 12.4. The Morgan fingerprint density at radius 3 is 2.50 bits per heavy atom. The highest BCUT2D eigenvalue weighted by Crippen LogP contribution is 2.38. The third kappa shape index (κ3) is 1.91. The van der Waals surface area contributed by atoms with E-state index < -0.39 is 5.92 Å². The lowest BCUT2D eigenvalue weighted by atomic mass is 9.87. The van der Waals surface area contributed by atoms with E-state index in [9.17, 15) is 8.78 Å². The van der Waals surface area contributed by atoms with Crippen molar-refractivity contribution in [1.29, 1.82) is 0 Å². The molecule has 2 fully saturated rings. The number of halogens is 2. The van der Waals surface area contributed by atoms with Crippen molar-refractivity contribution in [3.05, 3.63) is 0 Å². The van der Waals surface area contributed by atoms with Crippen LogP contribution in [-0.4, -0.2) is 29.5 Å². The van der Waals surface area contributed by atoms with E-state index >= 15 is 0 Å². The molecule has 12 heavy (non-hydrogen) atoms. The highest BCUT2D eigenvalue weighted by Gasteiger charge is 2.45. The van der Waals surface area contributed by atoms with Gasteiger partial charge in [0.25, 0.3) is 5.92 Å². The summed E-state index contributed by atoms with van der Waals surface area (Å²) in [5.41, 5.74) is 0. The summed E-state index contributed by atoms with van der Waals surface area (Å²) in [4.78, 5) is 0. The van der Waals surface area contributed by atoms with Crippen LogP contribution in [0.5, 0.6) is 0 Å². The average Bonchev–Trinajstić information content (AvgIpc) is 2.35. The Hall–Kier alpha value is 0.170. The molecule has 0 spiro atoms. The second-order valence-electron chi connectivity index (χ2n) is 3.69. The largest absolute Gasteiger partial charge is 0.310 e. The quantitative estimate of drug-likeness (QED) is 0.718. The Labute approximate surface area is 75.3 Å². The lowest BCUT2D eigenvalue weighted by molar-refractivity contribution is -0.0942. The maximum atomic E-state index is 12.4. The highest BCUT2D eigenvalue weighted by atomic mass is 32.2. The third-order valence-electron chi connectivity index (χ3n) is 2.49. The molecule has 1 atom stereocenters. The van der Waals surface area contributed by atoms with Crippen molar-refractivity contribution in [1.82, 2.24) is 5.32 Å². The first-order valence-corrected chi connectivity index (χ1v) is 5.53. The molecule has 2 aliphatic rings. The van der Waals surface area contributed by atoms with Gasteiger partial charge in [0, 0.05) is 30.7 Å². The SMILES string of the molecule is FC1(F)CC(NC2CCSC2)C1. The molecule has 1 saturated carbocycles. The Bertz CT molecular complexity index is 160. The van der Waals surface area contributed by atoms with Gasteiger partial charge in [0.15, 0.2) is 0 Å². The second kappa shape index (κ2) is 3.14. The predicted molar refractivity (Wildman–Crippen MR) is 46.8 cm³/mol. The first-order valence-electron chi connectivity index (χ1n) is 4.37. The van der Waals surface area contributed by atoms with Gasteiger partial charge in [-0.25, -0.2) is 8.78 Å². The van der Waals surface area contributed by atoms with Gasteiger partial charge in [0.1, 0.15) is 0 Å². The minimum Gasteiger partial charge on any atom is -0.310 e. The van der Waals surface area contributed by atoms with Crippen LogP contribution >= 0.6 is 11.8 Å². The van der Waals surface area contributed by atoms with Crippen LogP contribution in [0, 0.1) is 0 Å². The normalized spacial score (nSPS) is 35.0. The fourth-order valence-corrected chi connectivity index (χ4v) is 2.94. The van der Waals surface area contributed by atoms with E-state index in [2.05, 4.69) is 5.32 Å². The van der Waals surface area contributed by atoms with E-state index in [1.165, 1.54) is 5.75 Å². The standard InChI is InChI=1S/C8H13F2NS/c9-8(10)3-7(4-8)11-6-1-2-12-5-6/h6-7,11H,1-5H2. The van der Waals surface area contributed by atoms with Crippen molar-refractivity contribution in [3.63, 3.8) is 0 Å². The lowest BCUT2D eigenvalue weighted by Crippen LogP contribution is -2.51. The van der Waals surface area contributed by atoms with Crippen molar-refractivity contribution in [2.24, 2.45) is 0 Å². The molecule has 1 aliphatic heterocycles. The third-order valence-corrected chi connectivity index (χ3v) is 3.65. The first kappa shape index (κ1) is 8.75. The average molecular weight is 193 g/mol. The Morgan fingerprint density at radius 1 is 1.25 bits per heavy atom. The maximum Gasteiger partial charge on any atom is 0.251 e. The van der Waals surface area contributed by atoms with E-state index in [1.54, 1.807) is 0 Å². The summed E-state index contributed by atoms with van der Waals surface area (Å²) in [6.45, 7) is 0. The topological polar surface area (TPSA) is 12.0 Å². The van der Waals surface area contributed by atoms with Crippen LogP contribution in [0.4, 0.5) is 8.78 Å². The highest BCUT2D eigenvalue weighted by molar-refractivity contribution is 7.99. The van der Waals surface area contributed by atoms with E-state index in [0.717, 1.165) is 12.2 Å². The number of nitrogens with one attached hydrogen (secondary N) is 1. The lowest BCUT2D eigenvalue weighted by Gasteiger charge is -2.37. The fourth-order valence-electron chi connectivity index (χ4n) is 1.78. The van der Waals surface area contributed by atoms with Gasteiger partial charge in [0.05, 0.1) is 0 Å². The molecule has 1 nitrogen and oxygen atoms in total. The van der Waals surface area contributed by atoms with E-state index in [-0.39, 0.29) is 18.9 Å². The number of rotatable bonds is 2. The van der Waals surface area contributed by atoms with Crippen LogP contribution in [-0.2, 0) is 0 Å². The summed E-state index contributed by atoms with van der Waals surface area (Å²) in [5.74, 6) is -0.0910. The zero-order chi connectivity index (χ0) is 8.60. The monoisotopic (exact) mass is 193 g/mol. The second-order valence-corrected chi connectivity index (χ2v) is 4.84. The molecule has 0 aromatic rings. The van der Waals surface area contributed by atoms with Gasteiger partial charge < -0.3 is 5.32 Å². The van der Waals surface area contributed by atoms with Gasteiger partial charge in [0.2, 0.25) is 0 Å². The van der Waals surface area contributed by atoms with Gasteiger partial charge in [-0.1, -0.05) is 0 Å². The van der Waals surface area contributed by atoms with Crippen LogP contribution in [0.1, 0.15) is 19.3 Å². The number of thioether (sulfide) groups is 1. The first-order chi connectivity index (χ1) is 5.66. The summed E-state index contributed by atoms with van der Waals surface area (Å²) in [7, 11) is 0. The molecule has 1 aliphatic carbocycles. The molecule has 70 valence electrons. The van der Waals surface area contributed by atoms with Crippen molar-refractivity contribution in [2.45, 2.75) is 37.3 Å². The van der Waals surface area contributed by atoms with Gasteiger partial charge in [-0.3, -0.25) is 0 Å². The van der Waals surface area contributed by atoms with E-state index in [0.29, 0.717) is 6.04 Å². The molecule has 0 amide bonds. The van der Waals surface area contributed by atoms with Gasteiger partial charge in [-0.2, -0.15) is 11.8 Å². The molecule has 1 heterocycles. The summed E-state index contributed by atoms with van der Waals surface area (Å²) < 4.78 is 24.8. The predicted octanol–water partition coefficient (Wildman–Crippen LogP) is 1.88.